The second kappa shape index (κ2) is 9.39. The Hall–Kier alpha value is -1.93. The molecule has 0 spiro atoms. The number of halogens is 3. The molecule has 2 rings (SSSR count). The second-order valence-corrected chi connectivity index (χ2v) is 5.08. The maximum absolute atomic E-state index is 12.5. The zero-order valence-electron chi connectivity index (χ0n) is 13.2. The van der Waals surface area contributed by atoms with Gasteiger partial charge in [0.15, 0.2) is 0 Å². The minimum atomic E-state index is -2.99. The van der Waals surface area contributed by atoms with Crippen LogP contribution in [0, 0.1) is 0 Å². The van der Waals surface area contributed by atoms with Crippen LogP contribution in [0.3, 0.4) is 0 Å². The van der Waals surface area contributed by atoms with Gasteiger partial charge < -0.3 is 19.9 Å². The quantitative estimate of drug-likeness (QED) is 0.854. The van der Waals surface area contributed by atoms with Crippen molar-refractivity contribution in [2.75, 3.05) is 39.8 Å². The van der Waals surface area contributed by atoms with Gasteiger partial charge in [0.1, 0.15) is 5.75 Å². The fraction of sp³-hybridized carbons (Fsp3) is 0.467. The van der Waals surface area contributed by atoms with Crippen molar-refractivity contribution in [1.29, 1.82) is 0 Å². The minimum Gasteiger partial charge on any atom is -0.434 e. The predicted molar refractivity (Wildman–Crippen MR) is 86.7 cm³/mol. The maximum atomic E-state index is 12.5. The highest BCUT2D eigenvalue weighted by molar-refractivity contribution is 5.97. The van der Waals surface area contributed by atoms with Gasteiger partial charge in [-0.05, 0) is 19.2 Å². The van der Waals surface area contributed by atoms with Gasteiger partial charge in [-0.1, -0.05) is 12.1 Å². The zero-order chi connectivity index (χ0) is 16.8. The van der Waals surface area contributed by atoms with Crippen molar-refractivity contribution in [3.63, 3.8) is 0 Å². The zero-order valence-corrected chi connectivity index (χ0v) is 14.0. The molecule has 0 bridgehead atoms. The Morgan fingerprint density at radius 3 is 2.33 bits per heavy atom. The molecule has 1 aliphatic heterocycles. The summed E-state index contributed by atoms with van der Waals surface area (Å²) in [5.41, 5.74) is 0.0998. The maximum Gasteiger partial charge on any atom is 0.387 e. The number of benzene rings is 1. The number of likely N-dealkylation sites (N-methyl/N-ethyl adjacent to an activating group) is 1. The average Bonchev–Trinajstić information content (AvgIpc) is 2.54. The fourth-order valence-corrected chi connectivity index (χ4v) is 2.43. The van der Waals surface area contributed by atoms with Crippen LogP contribution in [0.15, 0.2) is 24.3 Å². The van der Waals surface area contributed by atoms with Crippen LogP contribution in [0.25, 0.3) is 0 Å². The fourth-order valence-electron chi connectivity index (χ4n) is 2.43. The van der Waals surface area contributed by atoms with E-state index in [9.17, 15) is 18.4 Å². The van der Waals surface area contributed by atoms with E-state index in [1.807, 2.05) is 0 Å². The molecule has 134 valence electrons. The third-order valence-electron chi connectivity index (χ3n) is 3.58. The summed E-state index contributed by atoms with van der Waals surface area (Å²) in [7, 11) is 1.69. The molecule has 2 amide bonds. The van der Waals surface area contributed by atoms with E-state index in [1.54, 1.807) is 18.0 Å². The standard InChI is InChI=1S/C15H19F2N3O3.ClH/c1-18-10-13(21)19-6-8-20(9-7-19)14(22)11-4-2-3-5-12(11)23-15(16)17;/h2-5,15,18H,6-10H2,1H3;1H. The molecule has 9 heteroatoms. The summed E-state index contributed by atoms with van der Waals surface area (Å²) in [6.45, 7) is -1.18. The van der Waals surface area contributed by atoms with Crippen LogP contribution >= 0.6 is 12.4 Å². The first-order valence-corrected chi connectivity index (χ1v) is 7.28. The second-order valence-electron chi connectivity index (χ2n) is 5.08. The van der Waals surface area contributed by atoms with E-state index < -0.39 is 6.61 Å². The number of amides is 2. The minimum absolute atomic E-state index is 0. The SMILES string of the molecule is CNCC(=O)N1CCN(C(=O)c2ccccc2OC(F)F)CC1.Cl. The van der Waals surface area contributed by atoms with Gasteiger partial charge in [-0.3, -0.25) is 9.59 Å². The Morgan fingerprint density at radius 1 is 1.17 bits per heavy atom. The molecule has 0 unspecified atom stereocenters. The van der Waals surface area contributed by atoms with E-state index in [2.05, 4.69) is 10.1 Å². The number of hydrogen-bond acceptors (Lipinski definition) is 4. The van der Waals surface area contributed by atoms with E-state index in [0.29, 0.717) is 26.2 Å². The van der Waals surface area contributed by atoms with Gasteiger partial charge in [0, 0.05) is 26.2 Å². The third kappa shape index (κ3) is 5.04. The van der Waals surface area contributed by atoms with E-state index >= 15 is 0 Å². The number of ether oxygens (including phenoxy) is 1. The monoisotopic (exact) mass is 363 g/mol. The molecule has 24 heavy (non-hydrogen) atoms. The number of carbonyl (C=O) groups is 2. The van der Waals surface area contributed by atoms with Gasteiger partial charge >= 0.3 is 6.61 Å². The van der Waals surface area contributed by atoms with Crippen LogP contribution < -0.4 is 10.1 Å². The molecular weight excluding hydrogens is 344 g/mol. The van der Waals surface area contributed by atoms with Crippen molar-refractivity contribution in [2.45, 2.75) is 6.61 Å². The Kier molecular flexibility index (Phi) is 7.87. The van der Waals surface area contributed by atoms with Crippen LogP contribution in [0.5, 0.6) is 5.75 Å². The average molecular weight is 364 g/mol. The molecule has 1 heterocycles. The predicted octanol–water partition coefficient (Wildman–Crippen LogP) is 1.21. The number of carbonyl (C=O) groups excluding carboxylic acids is 2. The molecule has 1 aromatic carbocycles. The molecular formula is C15H20ClF2N3O3. The van der Waals surface area contributed by atoms with Crippen molar-refractivity contribution in [3.8, 4) is 5.75 Å². The lowest BCUT2D eigenvalue weighted by molar-refractivity contribution is -0.131. The molecule has 0 atom stereocenters. The molecule has 1 aliphatic rings. The summed E-state index contributed by atoms with van der Waals surface area (Å²) in [6, 6.07) is 5.92. The summed E-state index contributed by atoms with van der Waals surface area (Å²) >= 11 is 0. The molecule has 0 aromatic heterocycles. The van der Waals surface area contributed by atoms with Crippen LogP contribution in [0.2, 0.25) is 0 Å². The third-order valence-corrected chi connectivity index (χ3v) is 3.58. The molecule has 1 saturated heterocycles. The van der Waals surface area contributed by atoms with Crippen molar-refractivity contribution in [1.82, 2.24) is 15.1 Å². The normalized spacial score (nSPS) is 14.3. The Labute approximate surface area is 145 Å². The lowest BCUT2D eigenvalue weighted by Crippen LogP contribution is -2.52. The van der Waals surface area contributed by atoms with Gasteiger partial charge in [0.05, 0.1) is 12.1 Å². The molecule has 0 saturated carbocycles. The molecule has 6 nitrogen and oxygen atoms in total. The molecule has 1 fully saturated rings. The molecule has 1 N–H and O–H groups in total. The number of nitrogens with zero attached hydrogens (tertiary/aromatic N) is 2. The summed E-state index contributed by atoms with van der Waals surface area (Å²) in [6.07, 6.45) is 0. The van der Waals surface area contributed by atoms with Crippen LogP contribution in [-0.2, 0) is 4.79 Å². The smallest absolute Gasteiger partial charge is 0.387 e. The lowest BCUT2D eigenvalue weighted by atomic mass is 10.1. The van der Waals surface area contributed by atoms with Crippen LogP contribution in [0.1, 0.15) is 10.4 Å². The molecule has 0 aliphatic carbocycles. The Bertz CT molecular complexity index is 567. The van der Waals surface area contributed by atoms with E-state index in [0.717, 1.165) is 0 Å². The lowest BCUT2D eigenvalue weighted by Gasteiger charge is -2.35. The van der Waals surface area contributed by atoms with Gasteiger partial charge in [-0.25, -0.2) is 0 Å². The molecule has 0 radical (unpaired) electrons. The Morgan fingerprint density at radius 2 is 1.75 bits per heavy atom. The van der Waals surface area contributed by atoms with Crippen molar-refractivity contribution in [2.24, 2.45) is 0 Å². The number of para-hydroxylation sites is 1. The highest BCUT2D eigenvalue weighted by Gasteiger charge is 2.26. The van der Waals surface area contributed by atoms with Gasteiger partial charge in [0.2, 0.25) is 5.91 Å². The highest BCUT2D eigenvalue weighted by atomic mass is 35.5. The van der Waals surface area contributed by atoms with Crippen LogP contribution in [0.4, 0.5) is 8.78 Å². The van der Waals surface area contributed by atoms with Crippen molar-refractivity contribution in [3.05, 3.63) is 29.8 Å². The van der Waals surface area contributed by atoms with E-state index in [1.165, 1.54) is 23.1 Å². The largest absolute Gasteiger partial charge is 0.434 e. The first-order valence-electron chi connectivity index (χ1n) is 7.28. The van der Waals surface area contributed by atoms with Gasteiger partial charge in [-0.2, -0.15) is 8.78 Å². The summed E-state index contributed by atoms with van der Waals surface area (Å²) in [5, 5.41) is 2.79. The molecule has 1 aromatic rings. The van der Waals surface area contributed by atoms with Gasteiger partial charge in [-0.15, -0.1) is 12.4 Å². The number of rotatable bonds is 5. The van der Waals surface area contributed by atoms with Crippen LogP contribution in [-0.4, -0.2) is 68.0 Å². The number of piperazine rings is 1. The van der Waals surface area contributed by atoms with Crippen molar-refractivity contribution < 1.29 is 23.1 Å². The topological polar surface area (TPSA) is 61.9 Å². The van der Waals surface area contributed by atoms with E-state index in [4.69, 9.17) is 0 Å². The number of nitrogens with one attached hydrogen (secondary N) is 1. The van der Waals surface area contributed by atoms with E-state index in [-0.39, 0.29) is 42.1 Å². The van der Waals surface area contributed by atoms with Gasteiger partial charge in [0.25, 0.3) is 5.91 Å². The summed E-state index contributed by atoms with van der Waals surface area (Å²) < 4.78 is 29.2. The summed E-state index contributed by atoms with van der Waals surface area (Å²) in [5.74, 6) is -0.538. The first kappa shape index (κ1) is 20.1. The number of alkyl halides is 2. The Balaban J connectivity index is 0.00000288. The highest BCUT2D eigenvalue weighted by Crippen LogP contribution is 2.22. The first-order chi connectivity index (χ1) is 11.0. The van der Waals surface area contributed by atoms with Crippen molar-refractivity contribution >= 4 is 24.2 Å². The summed E-state index contributed by atoms with van der Waals surface area (Å²) in [4.78, 5) is 27.5. The number of hydrogen-bond donors (Lipinski definition) is 1.